The zero-order chi connectivity index (χ0) is 15.4. The van der Waals surface area contributed by atoms with Crippen molar-refractivity contribution in [3.05, 3.63) is 53.1 Å². The fourth-order valence-corrected chi connectivity index (χ4v) is 2.03. The third kappa shape index (κ3) is 3.54. The second-order valence-corrected chi connectivity index (χ2v) is 4.84. The molecule has 2 rings (SSSR count). The number of hydrogen-bond acceptors (Lipinski definition) is 4. The van der Waals surface area contributed by atoms with Gasteiger partial charge < -0.3 is 15.2 Å². The number of carbonyl (C=O) groups is 1. The summed E-state index contributed by atoms with van der Waals surface area (Å²) in [5.41, 5.74) is 8.71. The number of aryl methyl sites for hydroxylation is 2. The van der Waals surface area contributed by atoms with E-state index >= 15 is 0 Å². The number of ether oxygens (including phenoxy) is 2. The molecule has 0 aliphatic heterocycles. The molecule has 0 aromatic heterocycles. The first kappa shape index (κ1) is 14.9. The van der Waals surface area contributed by atoms with E-state index in [1.165, 1.54) is 5.56 Å². The lowest BCUT2D eigenvalue weighted by Crippen LogP contribution is -2.08. The van der Waals surface area contributed by atoms with Crippen LogP contribution in [0.4, 0.5) is 5.69 Å². The molecule has 0 aliphatic carbocycles. The Bertz CT molecular complexity index is 665. The SMILES string of the molecule is CCOC(=O)c1cc(Oc2ccc(C)cc2C)ccc1N. The molecule has 0 heterocycles. The maximum atomic E-state index is 11.8. The molecule has 2 N–H and O–H groups in total. The van der Waals surface area contributed by atoms with Gasteiger partial charge in [0.05, 0.1) is 12.2 Å². The lowest BCUT2D eigenvalue weighted by Gasteiger charge is -2.11. The molecule has 0 unspecified atom stereocenters. The highest BCUT2D eigenvalue weighted by molar-refractivity contribution is 5.95. The van der Waals surface area contributed by atoms with Crippen LogP contribution in [0.25, 0.3) is 0 Å². The zero-order valence-corrected chi connectivity index (χ0v) is 12.5. The Labute approximate surface area is 124 Å². The van der Waals surface area contributed by atoms with Crippen LogP contribution in [-0.2, 0) is 4.74 Å². The Morgan fingerprint density at radius 1 is 1.14 bits per heavy atom. The molecule has 0 saturated heterocycles. The molecule has 2 aromatic rings. The summed E-state index contributed by atoms with van der Waals surface area (Å²) in [6.45, 7) is 6.06. The number of nitrogen functional groups attached to an aromatic ring is 1. The van der Waals surface area contributed by atoms with Gasteiger partial charge in [-0.3, -0.25) is 0 Å². The molecule has 0 saturated carbocycles. The molecule has 4 nitrogen and oxygen atoms in total. The first-order valence-electron chi connectivity index (χ1n) is 6.83. The topological polar surface area (TPSA) is 61.5 Å². The van der Waals surface area contributed by atoms with Gasteiger partial charge in [-0.2, -0.15) is 0 Å². The first-order chi connectivity index (χ1) is 10.0. The summed E-state index contributed by atoms with van der Waals surface area (Å²) in [5, 5.41) is 0. The zero-order valence-electron chi connectivity index (χ0n) is 12.5. The molecular formula is C17H19NO3. The molecule has 21 heavy (non-hydrogen) atoms. The minimum absolute atomic E-state index is 0.306. The van der Waals surface area contributed by atoms with Crippen LogP contribution < -0.4 is 10.5 Å². The summed E-state index contributed by atoms with van der Waals surface area (Å²) in [6, 6.07) is 10.9. The van der Waals surface area contributed by atoms with Crippen molar-refractivity contribution >= 4 is 11.7 Å². The number of benzene rings is 2. The Morgan fingerprint density at radius 2 is 1.90 bits per heavy atom. The second kappa shape index (κ2) is 6.31. The predicted octanol–water partition coefficient (Wildman–Crippen LogP) is 3.85. The van der Waals surface area contributed by atoms with Gasteiger partial charge in [0.1, 0.15) is 11.5 Å². The first-order valence-corrected chi connectivity index (χ1v) is 6.83. The molecule has 0 aliphatic rings. The van der Waals surface area contributed by atoms with Gasteiger partial charge in [-0.15, -0.1) is 0 Å². The van der Waals surface area contributed by atoms with E-state index in [0.717, 1.165) is 11.3 Å². The van der Waals surface area contributed by atoms with Crippen LogP contribution in [0.3, 0.4) is 0 Å². The third-order valence-electron chi connectivity index (χ3n) is 3.08. The Morgan fingerprint density at radius 3 is 2.57 bits per heavy atom. The van der Waals surface area contributed by atoms with E-state index in [-0.39, 0.29) is 0 Å². The number of hydrogen-bond donors (Lipinski definition) is 1. The largest absolute Gasteiger partial charge is 0.462 e. The van der Waals surface area contributed by atoms with Crippen molar-refractivity contribution in [3.8, 4) is 11.5 Å². The van der Waals surface area contributed by atoms with Crippen LogP contribution in [0.2, 0.25) is 0 Å². The van der Waals surface area contributed by atoms with Crippen molar-refractivity contribution in [2.75, 3.05) is 12.3 Å². The van der Waals surface area contributed by atoms with E-state index in [1.54, 1.807) is 25.1 Å². The highest BCUT2D eigenvalue weighted by Gasteiger charge is 2.12. The maximum absolute atomic E-state index is 11.8. The molecule has 4 heteroatoms. The Hall–Kier alpha value is -2.49. The Balaban J connectivity index is 2.28. The van der Waals surface area contributed by atoms with Gasteiger partial charge in [0.15, 0.2) is 0 Å². The molecule has 0 radical (unpaired) electrons. The van der Waals surface area contributed by atoms with Gasteiger partial charge in [-0.05, 0) is 50.6 Å². The average Bonchev–Trinajstić information content (AvgIpc) is 2.44. The van der Waals surface area contributed by atoms with E-state index in [2.05, 4.69) is 0 Å². The normalized spacial score (nSPS) is 10.2. The summed E-state index contributed by atoms with van der Waals surface area (Å²) in [5.74, 6) is 0.862. The summed E-state index contributed by atoms with van der Waals surface area (Å²) in [7, 11) is 0. The highest BCUT2D eigenvalue weighted by Crippen LogP contribution is 2.28. The van der Waals surface area contributed by atoms with Crippen LogP contribution in [0.5, 0.6) is 11.5 Å². The second-order valence-electron chi connectivity index (χ2n) is 4.84. The number of anilines is 1. The monoisotopic (exact) mass is 285 g/mol. The van der Waals surface area contributed by atoms with Crippen molar-refractivity contribution in [2.45, 2.75) is 20.8 Å². The van der Waals surface area contributed by atoms with E-state index < -0.39 is 5.97 Å². The average molecular weight is 285 g/mol. The van der Waals surface area contributed by atoms with E-state index in [1.807, 2.05) is 32.0 Å². The van der Waals surface area contributed by atoms with Crippen molar-refractivity contribution < 1.29 is 14.3 Å². The molecule has 0 atom stereocenters. The lowest BCUT2D eigenvalue weighted by atomic mass is 10.1. The van der Waals surface area contributed by atoms with Gasteiger partial charge in [-0.25, -0.2) is 4.79 Å². The minimum Gasteiger partial charge on any atom is -0.462 e. The van der Waals surface area contributed by atoms with Crippen LogP contribution in [0, 0.1) is 13.8 Å². The van der Waals surface area contributed by atoms with E-state index in [0.29, 0.717) is 23.6 Å². The van der Waals surface area contributed by atoms with Gasteiger partial charge in [0.25, 0.3) is 0 Å². The number of rotatable bonds is 4. The fraction of sp³-hybridized carbons (Fsp3) is 0.235. The van der Waals surface area contributed by atoms with Gasteiger partial charge >= 0.3 is 5.97 Å². The molecule has 0 spiro atoms. The summed E-state index contributed by atoms with van der Waals surface area (Å²) < 4.78 is 10.8. The quantitative estimate of drug-likeness (QED) is 0.684. The van der Waals surface area contributed by atoms with Crippen molar-refractivity contribution in [1.29, 1.82) is 0 Å². The van der Waals surface area contributed by atoms with Gasteiger partial charge in [0.2, 0.25) is 0 Å². The van der Waals surface area contributed by atoms with Crippen LogP contribution in [0.15, 0.2) is 36.4 Å². The number of esters is 1. The van der Waals surface area contributed by atoms with Crippen molar-refractivity contribution in [2.24, 2.45) is 0 Å². The van der Waals surface area contributed by atoms with E-state index in [4.69, 9.17) is 15.2 Å². The van der Waals surface area contributed by atoms with E-state index in [9.17, 15) is 4.79 Å². The molecule has 2 aromatic carbocycles. The maximum Gasteiger partial charge on any atom is 0.340 e. The molecule has 0 bridgehead atoms. The van der Waals surface area contributed by atoms with Crippen LogP contribution in [0.1, 0.15) is 28.4 Å². The minimum atomic E-state index is -0.443. The smallest absolute Gasteiger partial charge is 0.340 e. The molecule has 110 valence electrons. The van der Waals surface area contributed by atoms with Crippen molar-refractivity contribution in [3.63, 3.8) is 0 Å². The van der Waals surface area contributed by atoms with Gasteiger partial charge in [0, 0.05) is 5.69 Å². The highest BCUT2D eigenvalue weighted by atomic mass is 16.5. The van der Waals surface area contributed by atoms with Crippen LogP contribution in [-0.4, -0.2) is 12.6 Å². The standard InChI is InChI=1S/C17H19NO3/c1-4-20-17(19)14-10-13(6-7-15(14)18)21-16-8-5-11(2)9-12(16)3/h5-10H,4,18H2,1-3H3. The summed E-state index contributed by atoms with van der Waals surface area (Å²) in [6.07, 6.45) is 0. The molecule has 0 fully saturated rings. The lowest BCUT2D eigenvalue weighted by molar-refractivity contribution is 0.0527. The van der Waals surface area contributed by atoms with Crippen LogP contribution >= 0.6 is 0 Å². The summed E-state index contributed by atoms with van der Waals surface area (Å²) >= 11 is 0. The third-order valence-corrected chi connectivity index (χ3v) is 3.08. The van der Waals surface area contributed by atoms with Crippen molar-refractivity contribution in [1.82, 2.24) is 0 Å². The number of carbonyl (C=O) groups excluding carboxylic acids is 1. The number of nitrogens with two attached hydrogens (primary N) is 1. The fourth-order valence-electron chi connectivity index (χ4n) is 2.03. The summed E-state index contributed by atoms with van der Waals surface area (Å²) in [4.78, 5) is 11.8. The molecular weight excluding hydrogens is 266 g/mol. The van der Waals surface area contributed by atoms with Gasteiger partial charge in [-0.1, -0.05) is 17.7 Å². The molecule has 0 amide bonds. The predicted molar refractivity (Wildman–Crippen MR) is 82.8 cm³/mol. The Kier molecular flexibility index (Phi) is 4.48.